The monoisotopic (exact) mass is 378 g/mol. The second kappa shape index (κ2) is 8.07. The van der Waals surface area contributed by atoms with Crippen LogP contribution in [0.5, 0.6) is 0 Å². The number of nitrogens with zero attached hydrogens (tertiary/aromatic N) is 2. The molecule has 0 radical (unpaired) electrons. The molecule has 0 spiro atoms. The van der Waals surface area contributed by atoms with Crippen LogP contribution in [0.25, 0.3) is 0 Å². The van der Waals surface area contributed by atoms with E-state index in [1.807, 2.05) is 0 Å². The molecule has 2 aromatic rings. The van der Waals surface area contributed by atoms with Crippen LogP contribution in [0.2, 0.25) is 0 Å². The van der Waals surface area contributed by atoms with Gasteiger partial charge in [0, 0.05) is 13.1 Å². The van der Waals surface area contributed by atoms with E-state index in [9.17, 15) is 23.3 Å². The molecule has 1 unspecified atom stereocenters. The number of carbonyl (C=O) groups excluding carboxylic acids is 1. The minimum atomic E-state index is -4.23. The number of rotatable bonds is 7. The van der Waals surface area contributed by atoms with E-state index >= 15 is 0 Å². The fourth-order valence-electron chi connectivity index (χ4n) is 2.52. The molecule has 1 atom stereocenters. The molecule has 8 nitrogen and oxygen atoms in total. The summed E-state index contributed by atoms with van der Waals surface area (Å²) in [5.74, 6) is -0.594. The topological polar surface area (TPSA) is 107 Å². The van der Waals surface area contributed by atoms with Gasteiger partial charge in [0.25, 0.3) is 5.69 Å². The number of carbonyl (C=O) groups is 1. The van der Waals surface area contributed by atoms with Crippen molar-refractivity contribution in [3.05, 3.63) is 70.3 Å². The molecule has 0 aliphatic rings. The molecule has 0 saturated heterocycles. The van der Waals surface area contributed by atoms with E-state index in [1.54, 1.807) is 30.3 Å². The summed E-state index contributed by atoms with van der Waals surface area (Å²) in [6, 6.07) is 12.8. The third-order valence-corrected chi connectivity index (χ3v) is 5.84. The summed E-state index contributed by atoms with van der Waals surface area (Å²) in [5.41, 5.74) is 0.0480. The molecule has 0 aromatic heterocycles. The average molecular weight is 378 g/mol. The van der Waals surface area contributed by atoms with Crippen molar-refractivity contribution in [2.45, 2.75) is 17.4 Å². The molecule has 0 aliphatic carbocycles. The Morgan fingerprint density at radius 1 is 1.15 bits per heavy atom. The van der Waals surface area contributed by atoms with Crippen LogP contribution >= 0.6 is 0 Å². The van der Waals surface area contributed by atoms with E-state index < -0.39 is 37.5 Å². The lowest BCUT2D eigenvalue weighted by atomic mass is 10.0. The SMILES string of the molecule is COC(=O)CC(c1ccccc1)N(C)S(=O)(=O)c1ccccc1[N+](=O)[O-]. The number of para-hydroxylation sites is 1. The van der Waals surface area contributed by atoms with Gasteiger partial charge in [-0.2, -0.15) is 4.31 Å². The first-order chi connectivity index (χ1) is 12.3. The van der Waals surface area contributed by atoms with Gasteiger partial charge in [0.05, 0.1) is 24.5 Å². The van der Waals surface area contributed by atoms with E-state index in [1.165, 1.54) is 32.4 Å². The number of ether oxygens (including phenoxy) is 1. The molecule has 0 aliphatic heterocycles. The molecule has 0 fully saturated rings. The maximum absolute atomic E-state index is 13.0. The van der Waals surface area contributed by atoms with Crippen LogP contribution in [0.4, 0.5) is 5.69 Å². The number of nitro benzene ring substituents is 1. The molecule has 9 heteroatoms. The standard InChI is InChI=1S/C17H18N2O6S/c1-18(15(12-17(20)25-2)13-8-4-3-5-9-13)26(23,24)16-11-7-6-10-14(16)19(21)22/h3-11,15H,12H2,1-2H3. The Bertz CT molecular complexity index is 898. The minimum absolute atomic E-state index is 0.225. The lowest BCUT2D eigenvalue weighted by molar-refractivity contribution is -0.387. The Balaban J connectivity index is 2.52. The van der Waals surface area contributed by atoms with Crippen LogP contribution in [0.3, 0.4) is 0 Å². The van der Waals surface area contributed by atoms with Crippen LogP contribution in [0.15, 0.2) is 59.5 Å². The molecule has 2 rings (SSSR count). The van der Waals surface area contributed by atoms with E-state index in [0.717, 1.165) is 10.4 Å². The van der Waals surface area contributed by atoms with Gasteiger partial charge in [-0.3, -0.25) is 14.9 Å². The zero-order valence-corrected chi connectivity index (χ0v) is 15.0. The second-order valence-electron chi connectivity index (χ2n) is 5.45. The quantitative estimate of drug-likeness (QED) is 0.416. The predicted octanol–water partition coefficient (Wildman–Crippen LogP) is 2.52. The maximum Gasteiger partial charge on any atom is 0.307 e. The summed E-state index contributed by atoms with van der Waals surface area (Å²) in [5, 5.41) is 11.2. The van der Waals surface area contributed by atoms with Crippen molar-refractivity contribution in [2.24, 2.45) is 0 Å². The first-order valence-corrected chi connectivity index (χ1v) is 9.06. The summed E-state index contributed by atoms with van der Waals surface area (Å²) in [4.78, 5) is 21.8. The van der Waals surface area contributed by atoms with Crippen LogP contribution in [-0.4, -0.2) is 37.8 Å². The zero-order valence-electron chi connectivity index (χ0n) is 14.2. The lowest BCUT2D eigenvalue weighted by Gasteiger charge is -2.27. The van der Waals surface area contributed by atoms with Gasteiger partial charge >= 0.3 is 5.97 Å². The van der Waals surface area contributed by atoms with Crippen molar-refractivity contribution in [3.63, 3.8) is 0 Å². The van der Waals surface area contributed by atoms with Crippen molar-refractivity contribution in [1.82, 2.24) is 4.31 Å². The number of esters is 1. The van der Waals surface area contributed by atoms with Gasteiger partial charge in [-0.1, -0.05) is 42.5 Å². The molecule has 0 heterocycles. The fraction of sp³-hybridized carbons (Fsp3) is 0.235. The Morgan fingerprint density at radius 2 is 1.73 bits per heavy atom. The van der Waals surface area contributed by atoms with E-state index in [0.29, 0.717) is 5.56 Å². The van der Waals surface area contributed by atoms with Crippen molar-refractivity contribution in [2.75, 3.05) is 14.2 Å². The summed E-state index contributed by atoms with van der Waals surface area (Å²) in [6.45, 7) is 0. The van der Waals surface area contributed by atoms with Crippen LogP contribution < -0.4 is 0 Å². The Hall–Kier alpha value is -2.78. The maximum atomic E-state index is 13.0. The highest BCUT2D eigenvalue weighted by Crippen LogP contribution is 2.32. The first kappa shape index (κ1) is 19.5. The normalized spacial score (nSPS) is 12.6. The smallest absolute Gasteiger partial charge is 0.307 e. The highest BCUT2D eigenvalue weighted by Gasteiger charge is 2.35. The Kier molecular flexibility index (Phi) is 6.06. The lowest BCUT2D eigenvalue weighted by Crippen LogP contribution is -2.33. The van der Waals surface area contributed by atoms with E-state index in [4.69, 9.17) is 0 Å². The van der Waals surface area contributed by atoms with Gasteiger partial charge in [-0.05, 0) is 11.6 Å². The number of sulfonamides is 1. The van der Waals surface area contributed by atoms with Gasteiger partial charge in [0.15, 0.2) is 4.90 Å². The average Bonchev–Trinajstić information content (AvgIpc) is 2.65. The Morgan fingerprint density at radius 3 is 2.31 bits per heavy atom. The molecule has 26 heavy (non-hydrogen) atoms. The molecule has 0 bridgehead atoms. The molecule has 138 valence electrons. The van der Waals surface area contributed by atoms with Gasteiger partial charge in [-0.25, -0.2) is 8.42 Å². The fourth-order valence-corrected chi connectivity index (χ4v) is 4.02. The summed E-state index contributed by atoms with van der Waals surface area (Å²) >= 11 is 0. The van der Waals surface area contributed by atoms with Crippen LogP contribution in [0, 0.1) is 10.1 Å². The van der Waals surface area contributed by atoms with Crippen molar-refractivity contribution < 1.29 is 22.9 Å². The molecule has 0 N–H and O–H groups in total. The molecule has 0 amide bonds. The minimum Gasteiger partial charge on any atom is -0.469 e. The van der Waals surface area contributed by atoms with Gasteiger partial charge in [-0.15, -0.1) is 0 Å². The third kappa shape index (κ3) is 4.06. The van der Waals surface area contributed by atoms with E-state index in [2.05, 4.69) is 4.74 Å². The van der Waals surface area contributed by atoms with Crippen molar-refractivity contribution in [3.8, 4) is 0 Å². The van der Waals surface area contributed by atoms with Crippen molar-refractivity contribution in [1.29, 1.82) is 0 Å². The highest BCUT2D eigenvalue weighted by atomic mass is 32.2. The number of methoxy groups -OCH3 is 1. The van der Waals surface area contributed by atoms with Crippen molar-refractivity contribution >= 4 is 21.7 Å². The Labute approximate surface area is 151 Å². The number of nitro groups is 1. The molecule has 2 aromatic carbocycles. The summed E-state index contributed by atoms with van der Waals surface area (Å²) in [6.07, 6.45) is -0.225. The van der Waals surface area contributed by atoms with Crippen LogP contribution in [0.1, 0.15) is 18.0 Å². The molecule has 0 saturated carbocycles. The van der Waals surface area contributed by atoms with Gasteiger partial charge in [0.1, 0.15) is 0 Å². The number of benzene rings is 2. The third-order valence-electron chi connectivity index (χ3n) is 3.93. The van der Waals surface area contributed by atoms with Crippen LogP contribution in [-0.2, 0) is 19.6 Å². The zero-order chi connectivity index (χ0) is 19.3. The first-order valence-electron chi connectivity index (χ1n) is 7.62. The second-order valence-corrected chi connectivity index (χ2v) is 7.42. The number of hydrogen-bond acceptors (Lipinski definition) is 6. The summed E-state index contributed by atoms with van der Waals surface area (Å²) in [7, 11) is -1.74. The van der Waals surface area contributed by atoms with E-state index in [-0.39, 0.29) is 6.42 Å². The summed E-state index contributed by atoms with van der Waals surface area (Å²) < 4.78 is 31.6. The molecular formula is C17H18N2O6S. The largest absolute Gasteiger partial charge is 0.469 e. The van der Waals surface area contributed by atoms with Gasteiger partial charge < -0.3 is 4.74 Å². The predicted molar refractivity (Wildman–Crippen MR) is 93.9 cm³/mol. The number of hydrogen-bond donors (Lipinski definition) is 0. The van der Waals surface area contributed by atoms with Gasteiger partial charge in [0.2, 0.25) is 10.0 Å². The highest BCUT2D eigenvalue weighted by molar-refractivity contribution is 7.89. The molecular weight excluding hydrogens is 360 g/mol.